The zero-order valence-electron chi connectivity index (χ0n) is 4.98. The second-order valence-electron chi connectivity index (χ2n) is 4.48. The van der Waals surface area contributed by atoms with E-state index in [0.717, 1.165) is 10.8 Å². The van der Waals surface area contributed by atoms with Gasteiger partial charge in [0.25, 0.3) is 0 Å². The summed E-state index contributed by atoms with van der Waals surface area (Å²) >= 11 is 0. The lowest BCUT2D eigenvalue weighted by molar-refractivity contribution is 0.272. The Bertz CT molecular complexity index is 162. The Labute approximate surface area is 49.3 Å². The molecule has 5 fully saturated rings. The van der Waals surface area contributed by atoms with Crippen molar-refractivity contribution in [1.82, 2.24) is 0 Å². The van der Waals surface area contributed by atoms with Gasteiger partial charge in [-0.05, 0) is 48.3 Å². The van der Waals surface area contributed by atoms with E-state index >= 15 is 0 Å². The van der Waals surface area contributed by atoms with E-state index in [4.69, 9.17) is 0 Å². The molecule has 0 atom stereocenters. The lowest BCUT2D eigenvalue weighted by Crippen LogP contribution is -2.16. The van der Waals surface area contributed by atoms with Crippen LogP contribution >= 0.6 is 0 Å². The number of hydrogen-bond donors (Lipinski definition) is 0. The van der Waals surface area contributed by atoms with Gasteiger partial charge in [0.15, 0.2) is 0 Å². The highest BCUT2D eigenvalue weighted by atomic mass is 15.0. The van der Waals surface area contributed by atoms with E-state index in [1.165, 1.54) is 11.8 Å². The van der Waals surface area contributed by atoms with Crippen molar-refractivity contribution in [3.8, 4) is 0 Å². The zero-order chi connectivity index (χ0) is 4.98. The third-order valence-corrected chi connectivity index (χ3v) is 4.68. The van der Waals surface area contributed by atoms with Crippen LogP contribution in [0.2, 0.25) is 0 Å². The molecule has 0 heterocycles. The quantitative estimate of drug-likeness (QED) is 0.441. The molecule has 0 aromatic heterocycles. The molecule has 0 amide bonds. The molecule has 0 N–H and O–H groups in total. The lowest BCUT2D eigenvalue weighted by Gasteiger charge is -2.19. The van der Waals surface area contributed by atoms with Crippen LogP contribution in [0.5, 0.6) is 0 Å². The summed E-state index contributed by atoms with van der Waals surface area (Å²) in [4.78, 5) is 0. The van der Waals surface area contributed by atoms with Gasteiger partial charge < -0.3 is 0 Å². The summed E-state index contributed by atoms with van der Waals surface area (Å²) in [6.45, 7) is 0. The van der Waals surface area contributed by atoms with Crippen molar-refractivity contribution in [2.24, 2.45) is 22.7 Å². The predicted molar refractivity (Wildman–Crippen MR) is 30.3 cm³/mol. The second-order valence-corrected chi connectivity index (χ2v) is 4.48. The molecule has 0 aromatic carbocycles. The van der Waals surface area contributed by atoms with E-state index in [1.54, 1.807) is 25.7 Å². The summed E-state index contributed by atoms with van der Waals surface area (Å²) in [7, 11) is 0. The molecule has 0 saturated heterocycles. The molecule has 0 radical (unpaired) electrons. The van der Waals surface area contributed by atoms with Crippen LogP contribution in [0.1, 0.15) is 25.7 Å². The van der Waals surface area contributed by atoms with Gasteiger partial charge in [0.05, 0.1) is 0 Å². The minimum Gasteiger partial charge on any atom is -0.0465 e. The van der Waals surface area contributed by atoms with Crippen LogP contribution in [0.3, 0.4) is 0 Å². The third-order valence-electron chi connectivity index (χ3n) is 4.68. The Kier molecular flexibility index (Phi) is 0.211. The molecular weight excluding hydrogens is 96.1 g/mol. The first-order chi connectivity index (χ1) is 3.89. The van der Waals surface area contributed by atoms with Gasteiger partial charge in [-0.2, -0.15) is 0 Å². The van der Waals surface area contributed by atoms with Crippen LogP contribution < -0.4 is 0 Å². The minimum atomic E-state index is 1.03. The maximum atomic E-state index is 1.65. The van der Waals surface area contributed by atoms with E-state index in [1.807, 2.05) is 0 Å². The van der Waals surface area contributed by atoms with Crippen molar-refractivity contribution in [2.75, 3.05) is 0 Å². The molecule has 0 unspecified atom stereocenters. The number of rotatable bonds is 0. The smallest absolute Gasteiger partial charge is 0.0226 e. The third kappa shape index (κ3) is 0.110. The summed E-state index contributed by atoms with van der Waals surface area (Å²) in [5.41, 5.74) is 2.06. The highest BCUT2D eigenvalue weighted by Gasteiger charge is 2.92. The molecule has 2 spiro atoms. The normalized spacial score (nSPS) is 87.0. The fraction of sp³-hybridized carbons (Fsp3) is 1.00. The molecule has 0 aromatic rings. The van der Waals surface area contributed by atoms with E-state index in [0.29, 0.717) is 0 Å². The average Bonchev–Trinajstić information content (AvgIpc) is 2.53. The maximum absolute atomic E-state index is 1.65. The molecule has 5 aliphatic carbocycles. The summed E-state index contributed by atoms with van der Waals surface area (Å²) in [5.74, 6) is 2.56. The summed E-state index contributed by atoms with van der Waals surface area (Å²) in [5, 5.41) is 0. The van der Waals surface area contributed by atoms with Crippen molar-refractivity contribution >= 4 is 0 Å². The van der Waals surface area contributed by atoms with Crippen LogP contribution in [0.25, 0.3) is 0 Å². The Morgan fingerprint density at radius 1 is 0.875 bits per heavy atom. The Hall–Kier alpha value is 0. The average molecular weight is 106 g/mol. The zero-order valence-corrected chi connectivity index (χ0v) is 4.98. The predicted octanol–water partition coefficient (Wildman–Crippen LogP) is 1.81. The van der Waals surface area contributed by atoms with Crippen LogP contribution in [-0.2, 0) is 0 Å². The molecule has 5 rings (SSSR count). The van der Waals surface area contributed by atoms with E-state index in [9.17, 15) is 0 Å². The minimum absolute atomic E-state index is 1.03. The van der Waals surface area contributed by atoms with E-state index in [-0.39, 0.29) is 0 Å². The van der Waals surface area contributed by atoms with Gasteiger partial charge in [-0.25, -0.2) is 0 Å². The molecule has 42 valence electrons. The fourth-order valence-corrected chi connectivity index (χ4v) is 4.23. The highest BCUT2D eigenvalue weighted by molar-refractivity contribution is 5.40. The van der Waals surface area contributed by atoms with Crippen LogP contribution in [0.4, 0.5) is 0 Å². The van der Waals surface area contributed by atoms with Crippen molar-refractivity contribution in [3.63, 3.8) is 0 Å². The Morgan fingerprint density at radius 2 is 1.38 bits per heavy atom. The molecule has 5 saturated carbocycles. The number of hydrogen-bond acceptors (Lipinski definition) is 0. The van der Waals surface area contributed by atoms with Gasteiger partial charge in [-0.1, -0.05) is 0 Å². The number of fused-ring (bicyclic) bond motifs is 1. The maximum Gasteiger partial charge on any atom is -0.0226 e. The van der Waals surface area contributed by atoms with Gasteiger partial charge in [0.1, 0.15) is 0 Å². The van der Waals surface area contributed by atoms with E-state index in [2.05, 4.69) is 0 Å². The molecular formula is C8H10. The first kappa shape index (κ1) is 3.24. The standard InChI is InChI=1S/C8H10/c1-2-8-4-6(8)7(1)3-5(7)8/h5-6H,1-4H2. The van der Waals surface area contributed by atoms with Crippen LogP contribution in [-0.4, -0.2) is 0 Å². The topological polar surface area (TPSA) is 0 Å². The summed E-state index contributed by atoms with van der Waals surface area (Å²) < 4.78 is 0. The monoisotopic (exact) mass is 106 g/mol. The van der Waals surface area contributed by atoms with Crippen LogP contribution in [0.15, 0.2) is 0 Å². The SMILES string of the molecule is C1CC23CC2C12CC23. The molecule has 0 aliphatic heterocycles. The fourth-order valence-electron chi connectivity index (χ4n) is 4.23. The van der Waals surface area contributed by atoms with Crippen LogP contribution in [0, 0.1) is 22.7 Å². The highest BCUT2D eigenvalue weighted by Crippen LogP contribution is 2.99. The van der Waals surface area contributed by atoms with Gasteiger partial charge in [-0.15, -0.1) is 0 Å². The molecule has 2 bridgehead atoms. The van der Waals surface area contributed by atoms with Gasteiger partial charge in [-0.3, -0.25) is 0 Å². The van der Waals surface area contributed by atoms with Gasteiger partial charge >= 0.3 is 0 Å². The molecule has 8 heavy (non-hydrogen) atoms. The lowest BCUT2D eigenvalue weighted by atomic mass is 9.85. The second kappa shape index (κ2) is 0.521. The molecule has 5 aliphatic rings. The van der Waals surface area contributed by atoms with Gasteiger partial charge in [0.2, 0.25) is 0 Å². The van der Waals surface area contributed by atoms with Crippen molar-refractivity contribution < 1.29 is 0 Å². The van der Waals surface area contributed by atoms with Crippen molar-refractivity contribution in [3.05, 3.63) is 0 Å². The Balaban J connectivity index is 2.12. The van der Waals surface area contributed by atoms with Gasteiger partial charge in [0, 0.05) is 0 Å². The van der Waals surface area contributed by atoms with E-state index < -0.39 is 0 Å². The van der Waals surface area contributed by atoms with Crippen molar-refractivity contribution in [2.45, 2.75) is 25.7 Å². The molecule has 0 heteroatoms. The Morgan fingerprint density at radius 3 is 1.50 bits per heavy atom. The molecule has 0 nitrogen and oxygen atoms in total. The first-order valence-corrected chi connectivity index (χ1v) is 3.89. The summed E-state index contributed by atoms with van der Waals surface area (Å²) in [6.07, 6.45) is 6.56. The largest absolute Gasteiger partial charge is 0.0465 e. The summed E-state index contributed by atoms with van der Waals surface area (Å²) in [6, 6.07) is 0. The van der Waals surface area contributed by atoms with Crippen molar-refractivity contribution in [1.29, 1.82) is 0 Å². The first-order valence-electron chi connectivity index (χ1n) is 3.89.